The normalized spacial score (nSPS) is 17.3. The molecule has 1 heterocycles. The number of benzene rings is 2. The van der Waals surface area contributed by atoms with Crippen molar-refractivity contribution in [3.8, 4) is 16.9 Å². The number of nitrogens with one attached hydrogen (secondary N) is 1. The van der Waals surface area contributed by atoms with Gasteiger partial charge in [-0.25, -0.2) is 4.79 Å². The van der Waals surface area contributed by atoms with E-state index in [1.807, 2.05) is 0 Å². The smallest absolute Gasteiger partial charge is 0.331 e. The van der Waals surface area contributed by atoms with Crippen molar-refractivity contribution in [3.05, 3.63) is 54.1 Å². The first kappa shape index (κ1) is 17.5. The summed E-state index contributed by atoms with van der Waals surface area (Å²) in [6, 6.07) is 12.3. The Balaban J connectivity index is 0.000000269. The number of amides is 2. The van der Waals surface area contributed by atoms with Gasteiger partial charge in [0.25, 0.3) is 0 Å². The molecule has 0 aromatic heterocycles. The van der Waals surface area contributed by atoms with E-state index in [9.17, 15) is 24.6 Å². The number of carbonyl (C=O) groups excluding carboxylic acids is 2. The number of carboxylic acid groups (broad SMARTS) is 1. The van der Waals surface area contributed by atoms with Crippen LogP contribution in [0.2, 0.25) is 0 Å². The van der Waals surface area contributed by atoms with Crippen LogP contribution in [0.15, 0.2) is 48.5 Å². The van der Waals surface area contributed by atoms with Gasteiger partial charge in [0.15, 0.2) is 6.04 Å². The van der Waals surface area contributed by atoms with Crippen LogP contribution in [0.3, 0.4) is 0 Å². The summed E-state index contributed by atoms with van der Waals surface area (Å²) >= 11 is 0. The number of aromatic hydroxyl groups is 1. The Morgan fingerprint density at radius 1 is 1.15 bits per heavy atom. The van der Waals surface area contributed by atoms with Crippen LogP contribution in [0, 0.1) is 0 Å². The highest BCUT2D eigenvalue weighted by atomic mass is 16.4. The van der Waals surface area contributed by atoms with Crippen molar-refractivity contribution in [3.63, 3.8) is 0 Å². The van der Waals surface area contributed by atoms with Crippen LogP contribution >= 0.6 is 0 Å². The number of nitrogens with zero attached hydrogens (tertiary/aromatic N) is 1. The fourth-order valence-electron chi connectivity index (χ4n) is 2.83. The van der Waals surface area contributed by atoms with E-state index in [4.69, 9.17) is 0 Å². The van der Waals surface area contributed by atoms with E-state index in [0.29, 0.717) is 5.56 Å². The SMILES string of the molecule is CC(=O)NC1CN(C(C(=O)O)c2ccc(O)cc2)C1=O.c1cc2cc-2c1. The van der Waals surface area contributed by atoms with E-state index in [-0.39, 0.29) is 18.2 Å². The Morgan fingerprint density at radius 3 is 2.15 bits per heavy atom. The topological polar surface area (TPSA) is 107 Å². The molecule has 1 aliphatic heterocycles. The van der Waals surface area contributed by atoms with E-state index < -0.39 is 24.0 Å². The molecule has 3 N–H and O–H groups in total. The highest BCUT2D eigenvalue weighted by Crippen LogP contribution is 2.32. The third kappa shape index (κ3) is 3.66. The van der Waals surface area contributed by atoms with Gasteiger partial charge >= 0.3 is 5.97 Å². The Bertz CT molecular complexity index is 845. The van der Waals surface area contributed by atoms with Gasteiger partial charge in [0.2, 0.25) is 11.8 Å². The first-order valence-corrected chi connectivity index (χ1v) is 8.06. The summed E-state index contributed by atoms with van der Waals surface area (Å²) in [6.07, 6.45) is 0. The largest absolute Gasteiger partial charge is 0.508 e. The van der Waals surface area contributed by atoms with Crippen LogP contribution in [0.5, 0.6) is 5.75 Å². The molecule has 0 spiro atoms. The lowest BCUT2D eigenvalue weighted by molar-refractivity contribution is -0.160. The molecule has 26 heavy (non-hydrogen) atoms. The number of carbonyl (C=O) groups is 3. The van der Waals surface area contributed by atoms with Crippen molar-refractivity contribution in [1.29, 1.82) is 0 Å². The maximum Gasteiger partial charge on any atom is 0.331 e. The lowest BCUT2D eigenvalue weighted by Crippen LogP contribution is -2.65. The maximum atomic E-state index is 11.9. The van der Waals surface area contributed by atoms with E-state index in [2.05, 4.69) is 29.6 Å². The fourth-order valence-corrected chi connectivity index (χ4v) is 2.83. The molecule has 2 amide bonds. The Kier molecular flexibility index (Phi) is 4.62. The number of hydrogen-bond donors (Lipinski definition) is 3. The predicted octanol–water partition coefficient (Wildman–Crippen LogP) is 1.53. The van der Waals surface area contributed by atoms with Crippen LogP contribution < -0.4 is 5.32 Å². The predicted molar refractivity (Wildman–Crippen MR) is 93.2 cm³/mol. The molecule has 7 nitrogen and oxygen atoms in total. The highest BCUT2D eigenvalue weighted by molar-refractivity contribution is 5.95. The minimum absolute atomic E-state index is 0.0175. The summed E-state index contributed by atoms with van der Waals surface area (Å²) in [4.78, 5) is 35.3. The monoisotopic (exact) mass is 354 g/mol. The van der Waals surface area contributed by atoms with Gasteiger partial charge in [-0.15, -0.1) is 0 Å². The van der Waals surface area contributed by atoms with Crippen molar-refractivity contribution in [2.24, 2.45) is 0 Å². The zero-order chi connectivity index (χ0) is 18.8. The molecule has 1 saturated heterocycles. The van der Waals surface area contributed by atoms with Gasteiger partial charge in [0.1, 0.15) is 11.8 Å². The van der Waals surface area contributed by atoms with E-state index in [1.165, 1.54) is 47.2 Å². The van der Waals surface area contributed by atoms with Gasteiger partial charge in [-0.1, -0.05) is 30.3 Å². The number of rotatable bonds is 4. The molecule has 1 aromatic carbocycles. The van der Waals surface area contributed by atoms with Gasteiger partial charge in [-0.2, -0.15) is 0 Å². The number of fused-ring (bicyclic) bond motifs is 1. The summed E-state index contributed by atoms with van der Waals surface area (Å²) in [7, 11) is 0. The first-order chi connectivity index (χ1) is 12.4. The average Bonchev–Trinajstić information content (AvgIpc) is 3.20. The second-order valence-corrected chi connectivity index (χ2v) is 6.16. The van der Waals surface area contributed by atoms with E-state index >= 15 is 0 Å². The quantitative estimate of drug-likeness (QED) is 0.616. The third-order valence-corrected chi connectivity index (χ3v) is 4.20. The molecule has 1 aromatic rings. The van der Waals surface area contributed by atoms with Crippen molar-refractivity contribution >= 4 is 17.8 Å². The zero-order valence-electron chi connectivity index (χ0n) is 14.0. The number of phenolic OH excluding ortho intramolecular Hbond substituents is 1. The standard InChI is InChI=1S/C13H14N2O5.C6H4/c1-7(16)14-10-6-15(12(10)18)11(13(19)20)8-2-4-9(17)5-3-8;1-2-5-4-6(5)3-1/h2-5,10-11,17H,6H2,1H3,(H,14,16)(H,19,20);1-4H. The first-order valence-electron chi connectivity index (χ1n) is 8.06. The fraction of sp³-hybridized carbons (Fsp3) is 0.211. The molecule has 3 aliphatic rings. The molecule has 0 radical (unpaired) electrons. The lowest BCUT2D eigenvalue weighted by atomic mass is 9.98. The van der Waals surface area contributed by atoms with Crippen LogP contribution in [0.4, 0.5) is 0 Å². The number of aliphatic carboxylic acids is 1. The minimum atomic E-state index is -1.16. The number of hydrogen-bond acceptors (Lipinski definition) is 4. The molecule has 2 aliphatic carbocycles. The molecule has 0 bridgehead atoms. The molecular weight excluding hydrogens is 336 g/mol. The molecule has 2 atom stereocenters. The third-order valence-electron chi connectivity index (χ3n) is 4.20. The van der Waals surface area contributed by atoms with Crippen LogP contribution in [-0.4, -0.2) is 45.5 Å². The second kappa shape index (κ2) is 6.87. The number of β-lactam (4-membered cyclic amide) rings is 1. The van der Waals surface area contributed by atoms with Crippen molar-refractivity contribution in [2.45, 2.75) is 19.0 Å². The summed E-state index contributed by atoms with van der Waals surface area (Å²) in [5.74, 6) is -1.91. The Labute approximate surface area is 149 Å². The number of carboxylic acids is 1. The minimum Gasteiger partial charge on any atom is -0.508 e. The van der Waals surface area contributed by atoms with Crippen molar-refractivity contribution < 1.29 is 24.6 Å². The molecular formula is C19H18N2O5. The molecule has 1 fully saturated rings. The molecule has 7 heteroatoms. The summed E-state index contributed by atoms with van der Waals surface area (Å²) in [6.45, 7) is 1.45. The van der Waals surface area contributed by atoms with Crippen molar-refractivity contribution in [2.75, 3.05) is 6.54 Å². The van der Waals surface area contributed by atoms with E-state index in [0.717, 1.165) is 0 Å². The maximum absolute atomic E-state index is 11.9. The van der Waals surface area contributed by atoms with E-state index in [1.54, 1.807) is 0 Å². The van der Waals surface area contributed by atoms with Crippen LogP contribution in [0.25, 0.3) is 11.1 Å². The summed E-state index contributed by atoms with van der Waals surface area (Å²) in [5, 5.41) is 20.9. The lowest BCUT2D eigenvalue weighted by Gasteiger charge is -2.42. The molecule has 4 rings (SSSR count). The number of likely N-dealkylation sites (tertiary alicyclic amines) is 1. The Hall–Kier alpha value is -3.35. The van der Waals surface area contributed by atoms with Gasteiger partial charge < -0.3 is 20.4 Å². The van der Waals surface area contributed by atoms with Gasteiger partial charge in [-0.3, -0.25) is 9.59 Å². The van der Waals surface area contributed by atoms with Gasteiger partial charge in [0.05, 0.1) is 6.54 Å². The van der Waals surface area contributed by atoms with Crippen molar-refractivity contribution in [1.82, 2.24) is 10.2 Å². The average molecular weight is 354 g/mol. The summed E-state index contributed by atoms with van der Waals surface area (Å²) < 4.78 is 0. The van der Waals surface area contributed by atoms with Gasteiger partial charge in [-0.05, 0) is 34.9 Å². The number of phenols is 1. The highest BCUT2D eigenvalue weighted by Gasteiger charge is 2.44. The molecule has 0 saturated carbocycles. The molecule has 134 valence electrons. The Morgan fingerprint density at radius 2 is 1.77 bits per heavy atom. The second-order valence-electron chi connectivity index (χ2n) is 6.16. The van der Waals surface area contributed by atoms with Crippen LogP contribution in [0.1, 0.15) is 18.5 Å². The van der Waals surface area contributed by atoms with Gasteiger partial charge in [0, 0.05) is 6.92 Å². The van der Waals surface area contributed by atoms with Crippen LogP contribution in [-0.2, 0) is 14.4 Å². The summed E-state index contributed by atoms with van der Waals surface area (Å²) in [5.41, 5.74) is 3.25. The zero-order valence-corrected chi connectivity index (χ0v) is 14.0. The molecule has 2 unspecified atom stereocenters.